The van der Waals surface area contributed by atoms with E-state index in [0.717, 1.165) is 31.5 Å². The third-order valence-electron chi connectivity index (χ3n) is 6.96. The molecule has 2 aromatic heterocycles. The number of aromatic hydroxyl groups is 1. The number of hydrogen-bond acceptors (Lipinski definition) is 8. The zero-order chi connectivity index (χ0) is 28.9. The van der Waals surface area contributed by atoms with Gasteiger partial charge < -0.3 is 31.4 Å². The number of anilines is 2. The highest BCUT2D eigenvalue weighted by atomic mass is 35.5. The minimum Gasteiger partial charge on any atom is -0.508 e. The molecule has 1 aliphatic heterocycles. The van der Waals surface area contributed by atoms with Gasteiger partial charge in [-0.3, -0.25) is 14.4 Å². The number of halogens is 2. The topological polar surface area (TPSA) is 166 Å². The van der Waals surface area contributed by atoms with Gasteiger partial charge in [-0.1, -0.05) is 23.7 Å². The van der Waals surface area contributed by atoms with E-state index in [1.807, 2.05) is 11.0 Å². The van der Waals surface area contributed by atoms with Crippen LogP contribution in [0.3, 0.4) is 0 Å². The molecule has 0 aliphatic carbocycles. The number of nitrogens with two attached hydrogens (primary N) is 1. The molecule has 1 aliphatic rings. The first-order chi connectivity index (χ1) is 19.8. The number of piperidine rings is 1. The minimum atomic E-state index is -0.687. The van der Waals surface area contributed by atoms with Gasteiger partial charge in [0, 0.05) is 42.8 Å². The number of benzene rings is 2. The van der Waals surface area contributed by atoms with Crippen LogP contribution in [0, 0.1) is 0 Å². The van der Waals surface area contributed by atoms with Crippen molar-refractivity contribution in [1.82, 2.24) is 20.3 Å². The molecule has 6 N–H and O–H groups in total. The largest absolute Gasteiger partial charge is 0.508 e. The van der Waals surface area contributed by atoms with Crippen molar-refractivity contribution in [3.8, 4) is 5.75 Å². The number of hydrogen-bond donors (Lipinski definition) is 5. The number of fused-ring (bicyclic) bond motifs is 1. The lowest BCUT2D eigenvalue weighted by atomic mass is 10.1. The summed E-state index contributed by atoms with van der Waals surface area (Å²) in [6.07, 6.45) is 4.60. The van der Waals surface area contributed by atoms with E-state index in [-0.39, 0.29) is 46.4 Å². The second kappa shape index (κ2) is 13.6. The van der Waals surface area contributed by atoms with Gasteiger partial charge in [0.05, 0.1) is 10.7 Å². The number of pyridine rings is 1. The quantitative estimate of drug-likeness (QED) is 0.188. The van der Waals surface area contributed by atoms with Crippen molar-refractivity contribution in [1.29, 1.82) is 0 Å². The third kappa shape index (κ3) is 7.35. The molecule has 1 fully saturated rings. The van der Waals surface area contributed by atoms with Crippen LogP contribution in [0.15, 0.2) is 59.5 Å². The van der Waals surface area contributed by atoms with Crippen LogP contribution in [-0.4, -0.2) is 57.5 Å². The number of nitrogens with zero attached hydrogens (tertiary/aromatic N) is 3. The number of rotatable bonds is 8. The summed E-state index contributed by atoms with van der Waals surface area (Å²) in [7, 11) is 0. The van der Waals surface area contributed by atoms with E-state index in [0.29, 0.717) is 41.9 Å². The standard InChI is InChI=1S/C29H30ClN7O4.ClH/c30-23-7-6-18(26(39)32-10-2-4-17-3-1-5-21(38)13-17)15-24(23)34-27(40)22-14-19-16-33-29(36-25(19)35-28(22)41)37-11-8-20(31)9-12-37;/h1,3,5-7,13-16,20,38H,2,4,8-12,31H2,(H,32,39)(H,34,40)(H,33,35,36,41);1H. The Bertz CT molecular complexity index is 1660. The number of phenols is 1. The highest BCUT2D eigenvalue weighted by molar-refractivity contribution is 6.34. The molecule has 220 valence electrons. The molecule has 0 unspecified atom stereocenters. The second-order valence-corrected chi connectivity index (χ2v) is 10.4. The normalized spacial score (nSPS) is 13.4. The number of phenolic OH excluding ortho intramolecular Hbond substituents is 1. The lowest BCUT2D eigenvalue weighted by Crippen LogP contribution is -2.40. The van der Waals surface area contributed by atoms with Crippen molar-refractivity contribution in [2.75, 3.05) is 29.9 Å². The zero-order valence-corrected chi connectivity index (χ0v) is 24.2. The number of carbonyl (C=O) groups excluding carboxylic acids is 2. The maximum absolute atomic E-state index is 13.1. The van der Waals surface area contributed by atoms with E-state index < -0.39 is 11.5 Å². The van der Waals surface area contributed by atoms with Gasteiger partial charge >= 0.3 is 0 Å². The Balaban J connectivity index is 0.00000405. The highest BCUT2D eigenvalue weighted by Gasteiger charge is 2.20. The van der Waals surface area contributed by atoms with Crippen LogP contribution in [0.1, 0.15) is 45.5 Å². The molecule has 2 amide bonds. The maximum Gasteiger partial charge on any atom is 0.262 e. The molecule has 42 heavy (non-hydrogen) atoms. The first-order valence-corrected chi connectivity index (χ1v) is 13.7. The number of aryl methyl sites for hydroxylation is 1. The fourth-order valence-electron chi connectivity index (χ4n) is 4.66. The number of nitrogens with one attached hydrogen (secondary N) is 3. The fraction of sp³-hybridized carbons (Fsp3) is 0.276. The van der Waals surface area contributed by atoms with Crippen molar-refractivity contribution in [2.24, 2.45) is 5.73 Å². The lowest BCUT2D eigenvalue weighted by Gasteiger charge is -2.30. The molecular weight excluding hydrogens is 581 g/mol. The van der Waals surface area contributed by atoms with Crippen LogP contribution in [0.25, 0.3) is 11.0 Å². The van der Waals surface area contributed by atoms with Crippen LogP contribution in [0.4, 0.5) is 11.6 Å². The highest BCUT2D eigenvalue weighted by Crippen LogP contribution is 2.24. The smallest absolute Gasteiger partial charge is 0.262 e. The first kappa shape index (κ1) is 30.8. The number of aromatic amines is 1. The van der Waals surface area contributed by atoms with Gasteiger partial charge in [-0.15, -0.1) is 12.4 Å². The molecule has 0 bridgehead atoms. The molecule has 11 nitrogen and oxygen atoms in total. The average Bonchev–Trinajstić information content (AvgIpc) is 2.96. The van der Waals surface area contributed by atoms with Gasteiger partial charge in [-0.2, -0.15) is 4.98 Å². The molecule has 4 aromatic rings. The van der Waals surface area contributed by atoms with Gasteiger partial charge in [-0.05, 0) is 67.6 Å². The Hall–Kier alpha value is -4.19. The molecule has 1 saturated heterocycles. The summed E-state index contributed by atoms with van der Waals surface area (Å²) in [5, 5.41) is 15.8. The molecule has 0 saturated carbocycles. The average molecular weight is 613 g/mol. The number of amides is 2. The fourth-order valence-corrected chi connectivity index (χ4v) is 4.83. The summed E-state index contributed by atoms with van der Waals surface area (Å²) < 4.78 is 0. The van der Waals surface area contributed by atoms with Crippen LogP contribution >= 0.6 is 24.0 Å². The predicted octanol–water partition coefficient (Wildman–Crippen LogP) is 3.64. The van der Waals surface area contributed by atoms with E-state index in [1.165, 1.54) is 18.2 Å². The Morgan fingerprint density at radius 1 is 1.12 bits per heavy atom. The van der Waals surface area contributed by atoms with Crippen molar-refractivity contribution in [3.63, 3.8) is 0 Å². The molecule has 0 atom stereocenters. The van der Waals surface area contributed by atoms with Crippen LogP contribution in [0.5, 0.6) is 5.75 Å². The SMILES string of the molecule is Cl.NC1CCN(c2ncc3cc(C(=O)Nc4cc(C(=O)NCCCc5cccc(O)c5)ccc4Cl)c(=O)[nH]c3n2)CC1. The minimum absolute atomic E-state index is 0. The van der Waals surface area contributed by atoms with Crippen LogP contribution in [0.2, 0.25) is 5.02 Å². The maximum atomic E-state index is 13.1. The van der Waals surface area contributed by atoms with E-state index in [4.69, 9.17) is 17.3 Å². The Labute approximate surface area is 252 Å². The number of aromatic nitrogens is 3. The van der Waals surface area contributed by atoms with Crippen molar-refractivity contribution in [2.45, 2.75) is 31.7 Å². The molecular formula is C29H31Cl2N7O4. The summed E-state index contributed by atoms with van der Waals surface area (Å²) >= 11 is 6.29. The number of carbonyl (C=O) groups is 2. The molecule has 2 aromatic carbocycles. The monoisotopic (exact) mass is 611 g/mol. The molecule has 5 rings (SSSR count). The first-order valence-electron chi connectivity index (χ1n) is 13.3. The molecule has 3 heterocycles. The van der Waals surface area contributed by atoms with Crippen molar-refractivity contribution in [3.05, 3.63) is 86.8 Å². The van der Waals surface area contributed by atoms with E-state index >= 15 is 0 Å². The summed E-state index contributed by atoms with van der Waals surface area (Å²) in [4.78, 5) is 52.1. The van der Waals surface area contributed by atoms with Crippen molar-refractivity contribution >= 4 is 58.5 Å². The summed E-state index contributed by atoms with van der Waals surface area (Å²) in [5.74, 6) is -0.319. The second-order valence-electron chi connectivity index (χ2n) is 9.99. The number of H-pyrrole nitrogens is 1. The van der Waals surface area contributed by atoms with Crippen molar-refractivity contribution < 1.29 is 14.7 Å². The molecule has 13 heteroatoms. The van der Waals surface area contributed by atoms with Gasteiger partial charge in [0.2, 0.25) is 5.95 Å². The van der Waals surface area contributed by atoms with E-state index in [2.05, 4.69) is 25.6 Å². The van der Waals surface area contributed by atoms with Crippen LogP contribution in [-0.2, 0) is 6.42 Å². The Morgan fingerprint density at radius 2 is 1.90 bits per heavy atom. The molecule has 0 radical (unpaired) electrons. The predicted molar refractivity (Wildman–Crippen MR) is 165 cm³/mol. The van der Waals surface area contributed by atoms with Crippen LogP contribution < -0.4 is 26.8 Å². The summed E-state index contributed by atoms with van der Waals surface area (Å²) in [5.41, 5.74) is 7.01. The summed E-state index contributed by atoms with van der Waals surface area (Å²) in [6.45, 7) is 1.88. The molecule has 0 spiro atoms. The Kier molecular flexibility index (Phi) is 10.00. The van der Waals surface area contributed by atoms with E-state index in [9.17, 15) is 19.5 Å². The van der Waals surface area contributed by atoms with Gasteiger partial charge in [-0.25, -0.2) is 4.98 Å². The van der Waals surface area contributed by atoms with Gasteiger partial charge in [0.1, 0.15) is 17.0 Å². The zero-order valence-electron chi connectivity index (χ0n) is 22.6. The Morgan fingerprint density at radius 3 is 2.67 bits per heavy atom. The van der Waals surface area contributed by atoms with Gasteiger partial charge in [0.15, 0.2) is 0 Å². The van der Waals surface area contributed by atoms with Gasteiger partial charge in [0.25, 0.3) is 17.4 Å². The van der Waals surface area contributed by atoms with E-state index in [1.54, 1.807) is 30.5 Å². The third-order valence-corrected chi connectivity index (χ3v) is 7.29. The lowest BCUT2D eigenvalue weighted by molar-refractivity contribution is 0.0951. The summed E-state index contributed by atoms with van der Waals surface area (Å²) in [6, 6.07) is 13.1.